The standard InChI is InChI=1S/C14H20O4.C7H7N3/c1-9-12(16)13(17)14(18-9)11(15)8-7-10-5-3-2-4-6-10;1-5-6-2-3-8-7(6)10-4-9-5/h2-6,9,11-17H,7-8H2,1H3;2-4H,1H3,(H,8,9,10)/t9-,11+,12-,13-,14+;/m0./s1. The number of aliphatic hydroxyl groups is 3. The molecule has 3 aromatic rings. The Hall–Kier alpha value is -2.32. The average molecular weight is 385 g/mol. The molecule has 0 saturated carbocycles. The SMILES string of the molecule is C[C@@H]1O[C@H]([C@H](O)CCc2ccccc2)[C@@H](O)[C@H]1O.Cc1ncnc2[nH]ccc12. The third kappa shape index (κ3) is 4.74. The number of aryl methyl sites for hydroxylation is 2. The van der Waals surface area contributed by atoms with E-state index in [2.05, 4.69) is 15.0 Å². The predicted octanol–water partition coefficient (Wildman–Crippen LogP) is 1.76. The molecule has 0 amide bonds. The first-order valence-electron chi connectivity index (χ1n) is 9.45. The lowest BCUT2D eigenvalue weighted by Gasteiger charge is -2.21. The molecule has 2 aromatic heterocycles. The minimum absolute atomic E-state index is 0.434. The van der Waals surface area contributed by atoms with Gasteiger partial charge in [-0.05, 0) is 38.3 Å². The van der Waals surface area contributed by atoms with E-state index in [1.54, 1.807) is 13.3 Å². The number of aromatic nitrogens is 3. The van der Waals surface area contributed by atoms with Gasteiger partial charge in [-0.2, -0.15) is 0 Å². The molecular weight excluding hydrogens is 358 g/mol. The Morgan fingerprint density at radius 2 is 1.86 bits per heavy atom. The molecule has 1 saturated heterocycles. The van der Waals surface area contributed by atoms with Crippen molar-refractivity contribution in [3.05, 3.63) is 60.2 Å². The number of ether oxygens (including phenoxy) is 1. The molecule has 4 rings (SSSR count). The molecule has 3 heterocycles. The number of fused-ring (bicyclic) bond motifs is 1. The molecule has 0 radical (unpaired) electrons. The van der Waals surface area contributed by atoms with Crippen molar-refractivity contribution in [3.8, 4) is 0 Å². The average Bonchev–Trinajstić information content (AvgIpc) is 3.29. The van der Waals surface area contributed by atoms with Gasteiger partial charge in [0.25, 0.3) is 0 Å². The van der Waals surface area contributed by atoms with Gasteiger partial charge in [0.1, 0.15) is 30.3 Å². The number of H-pyrrole nitrogens is 1. The third-order valence-electron chi connectivity index (χ3n) is 5.04. The molecule has 28 heavy (non-hydrogen) atoms. The molecule has 0 bridgehead atoms. The number of nitrogens with zero attached hydrogens (tertiary/aromatic N) is 2. The zero-order valence-corrected chi connectivity index (χ0v) is 16.1. The zero-order valence-electron chi connectivity index (χ0n) is 16.1. The maximum Gasteiger partial charge on any atom is 0.140 e. The lowest BCUT2D eigenvalue weighted by atomic mass is 9.99. The second-order valence-electron chi connectivity index (χ2n) is 7.08. The maximum atomic E-state index is 10.0. The van der Waals surface area contributed by atoms with E-state index in [0.717, 1.165) is 28.7 Å². The van der Waals surface area contributed by atoms with Gasteiger partial charge in [-0.3, -0.25) is 0 Å². The zero-order chi connectivity index (χ0) is 20.1. The summed E-state index contributed by atoms with van der Waals surface area (Å²) >= 11 is 0. The van der Waals surface area contributed by atoms with Gasteiger partial charge in [0.05, 0.1) is 17.9 Å². The van der Waals surface area contributed by atoms with Crippen LogP contribution in [-0.2, 0) is 11.2 Å². The van der Waals surface area contributed by atoms with E-state index < -0.39 is 30.5 Å². The van der Waals surface area contributed by atoms with E-state index in [-0.39, 0.29) is 0 Å². The summed E-state index contributed by atoms with van der Waals surface area (Å²) in [6.45, 7) is 3.66. The van der Waals surface area contributed by atoms with Crippen LogP contribution in [0.3, 0.4) is 0 Å². The summed E-state index contributed by atoms with van der Waals surface area (Å²) in [7, 11) is 0. The molecule has 0 aliphatic carbocycles. The van der Waals surface area contributed by atoms with Crippen LogP contribution in [0.25, 0.3) is 11.0 Å². The van der Waals surface area contributed by atoms with Gasteiger partial charge in [0, 0.05) is 11.6 Å². The van der Waals surface area contributed by atoms with Gasteiger partial charge in [-0.25, -0.2) is 9.97 Å². The van der Waals surface area contributed by atoms with Crippen LogP contribution in [0.1, 0.15) is 24.6 Å². The highest BCUT2D eigenvalue weighted by molar-refractivity contribution is 5.77. The normalized spacial score (nSPS) is 25.3. The van der Waals surface area contributed by atoms with Crippen molar-refractivity contribution in [1.82, 2.24) is 15.0 Å². The van der Waals surface area contributed by atoms with Crippen LogP contribution >= 0.6 is 0 Å². The fraction of sp³-hybridized carbons (Fsp3) is 0.429. The molecule has 5 atom stereocenters. The second kappa shape index (κ2) is 9.25. The number of benzene rings is 1. The molecule has 1 aliphatic rings. The van der Waals surface area contributed by atoms with E-state index in [4.69, 9.17) is 4.74 Å². The molecule has 150 valence electrons. The summed E-state index contributed by atoms with van der Waals surface area (Å²) in [6.07, 6.45) is 0.840. The van der Waals surface area contributed by atoms with Crippen molar-refractivity contribution in [2.45, 2.75) is 57.2 Å². The van der Waals surface area contributed by atoms with Crippen LogP contribution in [-0.4, -0.2) is 60.8 Å². The van der Waals surface area contributed by atoms with Gasteiger partial charge in [-0.1, -0.05) is 30.3 Å². The molecule has 1 aromatic carbocycles. The highest BCUT2D eigenvalue weighted by Crippen LogP contribution is 2.25. The third-order valence-corrected chi connectivity index (χ3v) is 5.04. The van der Waals surface area contributed by atoms with Crippen molar-refractivity contribution in [2.24, 2.45) is 0 Å². The summed E-state index contributed by atoms with van der Waals surface area (Å²) in [6, 6.07) is 11.8. The highest BCUT2D eigenvalue weighted by Gasteiger charge is 2.43. The lowest BCUT2D eigenvalue weighted by Crippen LogP contribution is -2.38. The molecular formula is C21H27N3O4. The first kappa shape index (κ1) is 20.4. The second-order valence-corrected chi connectivity index (χ2v) is 7.08. The summed E-state index contributed by atoms with van der Waals surface area (Å²) in [4.78, 5) is 11.1. The van der Waals surface area contributed by atoms with Gasteiger partial charge in [-0.15, -0.1) is 0 Å². The minimum atomic E-state index is -1.01. The van der Waals surface area contributed by atoms with E-state index in [1.807, 2.05) is 49.5 Å². The molecule has 1 aliphatic heterocycles. The number of aromatic amines is 1. The molecule has 0 spiro atoms. The molecule has 0 unspecified atom stereocenters. The Bertz CT molecular complexity index is 870. The molecule has 4 N–H and O–H groups in total. The number of hydrogen-bond donors (Lipinski definition) is 4. The smallest absolute Gasteiger partial charge is 0.140 e. The fourth-order valence-electron chi connectivity index (χ4n) is 3.32. The van der Waals surface area contributed by atoms with E-state index >= 15 is 0 Å². The van der Waals surface area contributed by atoms with Crippen molar-refractivity contribution in [2.75, 3.05) is 0 Å². The number of aliphatic hydroxyl groups excluding tert-OH is 3. The minimum Gasteiger partial charge on any atom is -0.390 e. The number of nitrogens with one attached hydrogen (secondary N) is 1. The largest absolute Gasteiger partial charge is 0.390 e. The van der Waals surface area contributed by atoms with Crippen LogP contribution in [0, 0.1) is 6.92 Å². The van der Waals surface area contributed by atoms with E-state index in [0.29, 0.717) is 6.42 Å². The van der Waals surface area contributed by atoms with Gasteiger partial charge >= 0.3 is 0 Å². The Kier molecular flexibility index (Phi) is 6.74. The summed E-state index contributed by atoms with van der Waals surface area (Å²) in [5.74, 6) is 0. The molecule has 7 nitrogen and oxygen atoms in total. The summed E-state index contributed by atoms with van der Waals surface area (Å²) in [5.41, 5.74) is 3.07. The molecule has 1 fully saturated rings. The van der Waals surface area contributed by atoms with Crippen molar-refractivity contribution in [3.63, 3.8) is 0 Å². The van der Waals surface area contributed by atoms with Crippen LogP contribution in [0.15, 0.2) is 48.9 Å². The number of rotatable bonds is 4. The monoisotopic (exact) mass is 385 g/mol. The highest BCUT2D eigenvalue weighted by atomic mass is 16.6. The van der Waals surface area contributed by atoms with Crippen molar-refractivity contribution in [1.29, 1.82) is 0 Å². The first-order valence-corrected chi connectivity index (χ1v) is 9.45. The van der Waals surface area contributed by atoms with Crippen molar-refractivity contribution >= 4 is 11.0 Å². The fourth-order valence-corrected chi connectivity index (χ4v) is 3.32. The van der Waals surface area contributed by atoms with Crippen LogP contribution < -0.4 is 0 Å². The summed E-state index contributed by atoms with van der Waals surface area (Å²) in [5, 5.41) is 30.5. The van der Waals surface area contributed by atoms with Crippen LogP contribution in [0.2, 0.25) is 0 Å². The Morgan fingerprint density at radius 1 is 1.11 bits per heavy atom. The Labute approximate surface area is 164 Å². The van der Waals surface area contributed by atoms with E-state index in [9.17, 15) is 15.3 Å². The van der Waals surface area contributed by atoms with Crippen molar-refractivity contribution < 1.29 is 20.1 Å². The van der Waals surface area contributed by atoms with E-state index in [1.165, 1.54) is 0 Å². The maximum absolute atomic E-state index is 10.0. The topological polar surface area (TPSA) is 111 Å². The first-order chi connectivity index (χ1) is 13.5. The number of hydrogen-bond acceptors (Lipinski definition) is 6. The van der Waals surface area contributed by atoms with Gasteiger partial charge in [0.15, 0.2) is 0 Å². The Morgan fingerprint density at radius 3 is 2.50 bits per heavy atom. The summed E-state index contributed by atoms with van der Waals surface area (Å²) < 4.78 is 5.39. The molecule has 7 heteroatoms. The van der Waals surface area contributed by atoms with Crippen LogP contribution in [0.5, 0.6) is 0 Å². The quantitative estimate of drug-likeness (QED) is 0.545. The van der Waals surface area contributed by atoms with Crippen LogP contribution in [0.4, 0.5) is 0 Å². The van der Waals surface area contributed by atoms with Gasteiger partial charge < -0.3 is 25.0 Å². The Balaban J connectivity index is 0.000000188. The lowest BCUT2D eigenvalue weighted by molar-refractivity contribution is -0.0642. The predicted molar refractivity (Wildman–Crippen MR) is 106 cm³/mol. The van der Waals surface area contributed by atoms with Gasteiger partial charge in [0.2, 0.25) is 0 Å².